The maximum Gasteiger partial charge on any atom is 0.337 e. The Morgan fingerprint density at radius 3 is 2.19 bits per heavy atom. The predicted molar refractivity (Wildman–Crippen MR) is 76.3 cm³/mol. The Kier molecular flexibility index (Phi) is 5.59. The monoisotopic (exact) mass is 357 g/mol. The molecule has 118 valence electrons. The Labute approximate surface area is 131 Å². The molecule has 0 aliphatic carbocycles. The van der Waals surface area contributed by atoms with Gasteiger partial charge in [0, 0.05) is 0 Å². The third kappa shape index (κ3) is 4.06. The molecule has 0 amide bonds. The van der Waals surface area contributed by atoms with Crippen LogP contribution in [0.15, 0.2) is 17.0 Å². The molecule has 0 radical (unpaired) electrons. The van der Waals surface area contributed by atoms with E-state index in [2.05, 4.69) is 4.72 Å². The molecule has 4 N–H and O–H groups in total. The van der Waals surface area contributed by atoms with Crippen LogP contribution in [0.25, 0.3) is 0 Å². The second-order valence-corrected chi connectivity index (χ2v) is 7.02. The molecule has 0 spiro atoms. The third-order valence-electron chi connectivity index (χ3n) is 2.62. The number of benzene rings is 1. The highest BCUT2D eigenvalue weighted by atomic mass is 35.5. The molecule has 0 aliphatic rings. The molecule has 1 aromatic rings. The van der Waals surface area contributed by atoms with Crippen molar-refractivity contribution < 1.29 is 28.5 Å². The van der Waals surface area contributed by atoms with Gasteiger partial charge < -0.3 is 15.3 Å². The topological polar surface area (TPSA) is 124 Å². The lowest BCUT2D eigenvalue weighted by atomic mass is 10.1. The Morgan fingerprint density at radius 2 is 1.76 bits per heavy atom. The maximum absolute atomic E-state index is 12.2. The molecule has 0 fully saturated rings. The number of carboxylic acid groups (broad SMARTS) is 1. The van der Waals surface area contributed by atoms with Gasteiger partial charge in [-0.1, -0.05) is 23.2 Å². The van der Waals surface area contributed by atoms with Gasteiger partial charge in [0.05, 0.1) is 34.4 Å². The van der Waals surface area contributed by atoms with Crippen molar-refractivity contribution in [1.82, 2.24) is 4.72 Å². The van der Waals surface area contributed by atoms with Crippen LogP contribution in [-0.2, 0) is 10.0 Å². The van der Waals surface area contributed by atoms with Crippen LogP contribution >= 0.6 is 23.2 Å². The first kappa shape index (κ1) is 18.1. The lowest BCUT2D eigenvalue weighted by Crippen LogP contribution is -2.51. The number of halogens is 2. The Morgan fingerprint density at radius 1 is 1.24 bits per heavy atom. The Hall–Kier alpha value is -0.900. The predicted octanol–water partition coefficient (Wildman–Crippen LogP) is 0.713. The first-order valence-electron chi connectivity index (χ1n) is 5.54. The van der Waals surface area contributed by atoms with E-state index in [0.29, 0.717) is 0 Å². The fourth-order valence-electron chi connectivity index (χ4n) is 1.39. The molecule has 0 aromatic heterocycles. The fourth-order valence-corrected chi connectivity index (χ4v) is 3.64. The number of hydrogen-bond acceptors (Lipinski definition) is 5. The number of rotatable bonds is 6. The molecule has 0 saturated carbocycles. The molecule has 1 rings (SSSR count). The van der Waals surface area contributed by atoms with Crippen molar-refractivity contribution in [2.24, 2.45) is 0 Å². The summed E-state index contributed by atoms with van der Waals surface area (Å²) in [7, 11) is -4.27. The van der Waals surface area contributed by atoms with E-state index >= 15 is 0 Å². The number of nitrogens with one attached hydrogen (secondary N) is 1. The summed E-state index contributed by atoms with van der Waals surface area (Å²) in [5, 5.41) is 26.7. The molecular formula is C11H13Cl2NO6S. The highest BCUT2D eigenvalue weighted by Gasteiger charge is 2.31. The molecular weight excluding hydrogens is 345 g/mol. The molecule has 1 aromatic carbocycles. The van der Waals surface area contributed by atoms with Gasteiger partial charge in [-0.25, -0.2) is 17.9 Å². The lowest BCUT2D eigenvalue weighted by molar-refractivity contribution is 0.0697. The first-order chi connectivity index (χ1) is 9.56. The van der Waals surface area contributed by atoms with Crippen LogP contribution in [0.5, 0.6) is 0 Å². The number of aliphatic hydroxyl groups is 2. The van der Waals surface area contributed by atoms with Gasteiger partial charge >= 0.3 is 5.97 Å². The summed E-state index contributed by atoms with van der Waals surface area (Å²) in [6.07, 6.45) is 0. The number of sulfonamides is 1. The van der Waals surface area contributed by atoms with Crippen molar-refractivity contribution in [2.75, 3.05) is 13.2 Å². The SMILES string of the molecule is CC(CO)(CO)NS(=O)(=O)c1cc(C(=O)O)c(Cl)cc1Cl. The minimum atomic E-state index is -4.27. The molecule has 0 atom stereocenters. The van der Waals surface area contributed by atoms with Crippen LogP contribution in [0.3, 0.4) is 0 Å². The van der Waals surface area contributed by atoms with E-state index in [1.54, 1.807) is 0 Å². The highest BCUT2D eigenvalue weighted by Crippen LogP contribution is 2.29. The largest absolute Gasteiger partial charge is 0.478 e. The molecule has 10 heteroatoms. The molecule has 0 heterocycles. The minimum Gasteiger partial charge on any atom is -0.478 e. The Bertz CT molecular complexity index is 657. The van der Waals surface area contributed by atoms with E-state index in [4.69, 9.17) is 38.5 Å². The van der Waals surface area contributed by atoms with Gasteiger partial charge in [0.15, 0.2) is 0 Å². The van der Waals surface area contributed by atoms with E-state index in [1.165, 1.54) is 6.92 Å². The summed E-state index contributed by atoms with van der Waals surface area (Å²) in [6, 6.07) is 1.81. The molecule has 0 saturated heterocycles. The first-order valence-corrected chi connectivity index (χ1v) is 7.78. The van der Waals surface area contributed by atoms with Crippen LogP contribution in [-0.4, -0.2) is 48.5 Å². The standard InChI is InChI=1S/C11H13Cl2NO6S/c1-11(4-15,5-16)14-21(19,20)9-2-6(10(17)18)7(12)3-8(9)13/h2-3,14-16H,4-5H2,1H3,(H,17,18). The number of hydrogen-bond donors (Lipinski definition) is 4. The zero-order chi connectivity index (χ0) is 16.4. The third-order valence-corrected chi connectivity index (χ3v) is 5.04. The van der Waals surface area contributed by atoms with Gasteiger partial charge in [0.2, 0.25) is 10.0 Å². The zero-order valence-corrected chi connectivity index (χ0v) is 13.1. The number of carboxylic acids is 1. The number of aliphatic hydroxyl groups excluding tert-OH is 2. The quantitative estimate of drug-likeness (QED) is 0.594. The number of carbonyl (C=O) groups is 1. The summed E-state index contributed by atoms with van der Waals surface area (Å²) in [4.78, 5) is 10.5. The van der Waals surface area contributed by atoms with E-state index < -0.39 is 45.2 Å². The van der Waals surface area contributed by atoms with Crippen molar-refractivity contribution >= 4 is 39.2 Å². The molecule has 21 heavy (non-hydrogen) atoms. The van der Waals surface area contributed by atoms with Crippen LogP contribution < -0.4 is 4.72 Å². The second kappa shape index (κ2) is 6.47. The summed E-state index contributed by atoms with van der Waals surface area (Å²) < 4.78 is 26.5. The van der Waals surface area contributed by atoms with Gasteiger partial charge in [-0.15, -0.1) is 0 Å². The van der Waals surface area contributed by atoms with Crippen LogP contribution in [0.4, 0.5) is 0 Å². The van der Waals surface area contributed by atoms with Crippen molar-refractivity contribution in [3.8, 4) is 0 Å². The summed E-state index contributed by atoms with van der Waals surface area (Å²) in [5.74, 6) is -1.42. The molecule has 7 nitrogen and oxygen atoms in total. The van der Waals surface area contributed by atoms with E-state index in [1.807, 2.05) is 0 Å². The average molecular weight is 358 g/mol. The van der Waals surface area contributed by atoms with Crippen molar-refractivity contribution in [3.05, 3.63) is 27.7 Å². The van der Waals surface area contributed by atoms with Crippen LogP contribution in [0, 0.1) is 0 Å². The van der Waals surface area contributed by atoms with E-state index in [0.717, 1.165) is 12.1 Å². The fraction of sp³-hybridized carbons (Fsp3) is 0.364. The Balaban J connectivity index is 3.39. The summed E-state index contributed by atoms with van der Waals surface area (Å²) in [6.45, 7) is -0.0636. The maximum atomic E-state index is 12.2. The molecule has 0 unspecified atom stereocenters. The highest BCUT2D eigenvalue weighted by molar-refractivity contribution is 7.89. The normalized spacial score (nSPS) is 12.4. The van der Waals surface area contributed by atoms with Crippen molar-refractivity contribution in [1.29, 1.82) is 0 Å². The van der Waals surface area contributed by atoms with E-state index in [9.17, 15) is 13.2 Å². The number of aromatic carboxylic acids is 1. The zero-order valence-electron chi connectivity index (χ0n) is 10.8. The van der Waals surface area contributed by atoms with Gasteiger partial charge in [-0.2, -0.15) is 0 Å². The van der Waals surface area contributed by atoms with Crippen molar-refractivity contribution in [3.63, 3.8) is 0 Å². The van der Waals surface area contributed by atoms with Gasteiger partial charge in [-0.05, 0) is 19.1 Å². The van der Waals surface area contributed by atoms with Gasteiger partial charge in [0.25, 0.3) is 0 Å². The van der Waals surface area contributed by atoms with Gasteiger partial charge in [0.1, 0.15) is 4.90 Å². The van der Waals surface area contributed by atoms with E-state index in [-0.39, 0.29) is 10.0 Å². The van der Waals surface area contributed by atoms with Crippen LogP contribution in [0.1, 0.15) is 17.3 Å². The van der Waals surface area contributed by atoms with Crippen molar-refractivity contribution in [2.45, 2.75) is 17.4 Å². The minimum absolute atomic E-state index is 0.210. The lowest BCUT2D eigenvalue weighted by Gasteiger charge is -2.26. The smallest absolute Gasteiger partial charge is 0.337 e. The summed E-state index contributed by atoms with van der Waals surface area (Å²) >= 11 is 11.5. The second-order valence-electron chi connectivity index (χ2n) is 4.55. The summed E-state index contributed by atoms with van der Waals surface area (Å²) in [5.41, 5.74) is -1.96. The van der Waals surface area contributed by atoms with Gasteiger partial charge in [-0.3, -0.25) is 0 Å². The average Bonchev–Trinajstić information content (AvgIpc) is 2.37. The molecule has 0 bridgehead atoms. The van der Waals surface area contributed by atoms with Crippen LogP contribution in [0.2, 0.25) is 10.0 Å². The molecule has 0 aliphatic heterocycles.